The van der Waals surface area contributed by atoms with Gasteiger partial charge in [-0.3, -0.25) is 4.79 Å². The Morgan fingerprint density at radius 1 is 1.29 bits per heavy atom. The lowest BCUT2D eigenvalue weighted by Crippen LogP contribution is -2.32. The number of hydrogen-bond donors (Lipinski definition) is 1. The molecule has 124 valence electrons. The van der Waals surface area contributed by atoms with E-state index in [1.54, 1.807) is 47.6 Å². The smallest absolute Gasteiger partial charge is 0.227 e. The van der Waals surface area contributed by atoms with E-state index in [0.717, 1.165) is 0 Å². The van der Waals surface area contributed by atoms with Crippen LogP contribution in [0.3, 0.4) is 0 Å². The first-order valence-electron chi connectivity index (χ1n) is 7.58. The minimum atomic E-state index is -0.566. The number of carbonyl (C=O) groups excluding carboxylic acids is 1. The first-order valence-corrected chi connectivity index (χ1v) is 7.58. The zero-order valence-corrected chi connectivity index (χ0v) is 13.8. The number of nitrogens with zero attached hydrogens (tertiary/aromatic N) is 4. The van der Waals surface area contributed by atoms with Crippen molar-refractivity contribution >= 4 is 5.91 Å². The summed E-state index contributed by atoms with van der Waals surface area (Å²) in [5, 5.41) is 4.20. The molecular weight excluding hydrogens is 306 g/mol. The second-order valence-electron chi connectivity index (χ2n) is 6.60. The number of primary amides is 1. The molecule has 1 unspecified atom stereocenters. The summed E-state index contributed by atoms with van der Waals surface area (Å²) in [4.78, 5) is 21.1. The molecule has 7 heteroatoms. The third-order valence-corrected chi connectivity index (χ3v) is 3.66. The Hall–Kier alpha value is -2.96. The Kier molecular flexibility index (Phi) is 3.92. The molecule has 0 fully saturated rings. The van der Waals surface area contributed by atoms with Gasteiger partial charge in [0.15, 0.2) is 17.4 Å². The Balaban J connectivity index is 2.20. The van der Waals surface area contributed by atoms with Crippen molar-refractivity contribution < 1.29 is 9.21 Å². The molecule has 0 aromatic carbocycles. The van der Waals surface area contributed by atoms with Crippen molar-refractivity contribution in [1.29, 1.82) is 0 Å². The van der Waals surface area contributed by atoms with E-state index in [2.05, 4.69) is 15.1 Å². The van der Waals surface area contributed by atoms with Crippen LogP contribution >= 0.6 is 0 Å². The molecule has 3 heterocycles. The predicted octanol–water partition coefficient (Wildman–Crippen LogP) is 2.54. The van der Waals surface area contributed by atoms with Gasteiger partial charge >= 0.3 is 0 Å². The van der Waals surface area contributed by atoms with Crippen molar-refractivity contribution in [3.8, 4) is 17.4 Å². The normalized spacial score (nSPS) is 13.0. The summed E-state index contributed by atoms with van der Waals surface area (Å²) in [6.07, 6.45) is 4.98. The predicted molar refractivity (Wildman–Crippen MR) is 88.2 cm³/mol. The minimum Gasteiger partial charge on any atom is -0.461 e. The van der Waals surface area contributed by atoms with Gasteiger partial charge in [0.05, 0.1) is 17.9 Å². The number of furan rings is 1. The van der Waals surface area contributed by atoms with E-state index >= 15 is 0 Å². The van der Waals surface area contributed by atoms with Gasteiger partial charge in [0, 0.05) is 18.5 Å². The van der Waals surface area contributed by atoms with Gasteiger partial charge in [0.25, 0.3) is 0 Å². The number of carbonyl (C=O) groups is 1. The summed E-state index contributed by atoms with van der Waals surface area (Å²) in [5.74, 6) is 0.453. The Morgan fingerprint density at radius 2 is 2.08 bits per heavy atom. The van der Waals surface area contributed by atoms with Crippen molar-refractivity contribution in [2.45, 2.75) is 26.7 Å². The molecule has 0 radical (unpaired) electrons. The van der Waals surface area contributed by atoms with Gasteiger partial charge in [-0.05, 0) is 23.6 Å². The summed E-state index contributed by atoms with van der Waals surface area (Å²) >= 11 is 0. The molecule has 2 N–H and O–H groups in total. The van der Waals surface area contributed by atoms with Gasteiger partial charge in [0.1, 0.15) is 0 Å². The van der Waals surface area contributed by atoms with Crippen LogP contribution in [0.15, 0.2) is 47.3 Å². The maximum Gasteiger partial charge on any atom is 0.227 e. The van der Waals surface area contributed by atoms with Crippen LogP contribution in [-0.4, -0.2) is 25.7 Å². The first kappa shape index (κ1) is 15.9. The molecule has 0 aliphatic heterocycles. The van der Waals surface area contributed by atoms with Gasteiger partial charge in [-0.15, -0.1) is 0 Å². The van der Waals surface area contributed by atoms with E-state index in [1.165, 1.54) is 0 Å². The summed E-state index contributed by atoms with van der Waals surface area (Å²) in [6, 6.07) is 7.06. The first-order chi connectivity index (χ1) is 11.4. The largest absolute Gasteiger partial charge is 0.461 e. The molecule has 3 aromatic rings. The molecule has 0 saturated heterocycles. The van der Waals surface area contributed by atoms with E-state index in [-0.39, 0.29) is 5.41 Å². The SMILES string of the molecule is CC(C)(C)C(C(N)=O)c1cc(-n2cccn2)nc(-c2ccco2)n1. The minimum absolute atomic E-state index is 0.387. The van der Waals surface area contributed by atoms with Crippen LogP contribution in [0.1, 0.15) is 32.4 Å². The lowest BCUT2D eigenvalue weighted by Gasteiger charge is -2.27. The highest BCUT2D eigenvalue weighted by Crippen LogP contribution is 2.35. The van der Waals surface area contributed by atoms with E-state index in [1.807, 2.05) is 20.8 Å². The quantitative estimate of drug-likeness (QED) is 0.794. The highest BCUT2D eigenvalue weighted by Gasteiger charge is 2.33. The van der Waals surface area contributed by atoms with Crippen molar-refractivity contribution in [3.05, 3.63) is 48.6 Å². The number of amides is 1. The Bertz CT molecular complexity index is 780. The molecular formula is C17H19N5O2. The fourth-order valence-electron chi connectivity index (χ4n) is 2.65. The molecule has 7 nitrogen and oxygen atoms in total. The fourth-order valence-corrected chi connectivity index (χ4v) is 2.65. The highest BCUT2D eigenvalue weighted by atomic mass is 16.3. The Morgan fingerprint density at radius 3 is 2.62 bits per heavy atom. The van der Waals surface area contributed by atoms with Crippen LogP contribution in [0.4, 0.5) is 0 Å². The van der Waals surface area contributed by atoms with E-state index in [4.69, 9.17) is 10.2 Å². The second-order valence-corrected chi connectivity index (χ2v) is 6.60. The van der Waals surface area contributed by atoms with Gasteiger partial charge in [-0.2, -0.15) is 5.10 Å². The van der Waals surface area contributed by atoms with Gasteiger partial charge < -0.3 is 10.2 Å². The van der Waals surface area contributed by atoms with Crippen LogP contribution in [0.2, 0.25) is 0 Å². The topological polar surface area (TPSA) is 99.8 Å². The maximum absolute atomic E-state index is 12.1. The van der Waals surface area contributed by atoms with E-state index < -0.39 is 11.8 Å². The van der Waals surface area contributed by atoms with Gasteiger partial charge in [0.2, 0.25) is 5.91 Å². The summed E-state index contributed by atoms with van der Waals surface area (Å²) in [5.41, 5.74) is 5.80. The Labute approximate surface area is 139 Å². The molecule has 3 rings (SSSR count). The van der Waals surface area contributed by atoms with Crippen molar-refractivity contribution in [3.63, 3.8) is 0 Å². The fraction of sp³-hybridized carbons (Fsp3) is 0.294. The maximum atomic E-state index is 12.1. The number of nitrogens with two attached hydrogens (primary N) is 1. The lowest BCUT2D eigenvalue weighted by molar-refractivity contribution is -0.121. The molecule has 1 atom stereocenters. The van der Waals surface area contributed by atoms with Gasteiger partial charge in [-0.25, -0.2) is 14.6 Å². The standard InChI is InChI=1S/C17H19N5O2/c1-17(2,3)14(15(18)23)11-10-13(22-8-5-7-19-22)21-16(20-11)12-6-4-9-24-12/h4-10,14H,1-3H3,(H2,18,23). The summed E-state index contributed by atoms with van der Waals surface area (Å²) < 4.78 is 7.01. The van der Waals surface area contributed by atoms with Crippen LogP contribution in [0.25, 0.3) is 17.4 Å². The van der Waals surface area contributed by atoms with Crippen molar-refractivity contribution in [2.75, 3.05) is 0 Å². The molecule has 1 amide bonds. The molecule has 3 aromatic heterocycles. The average Bonchev–Trinajstić information content (AvgIpc) is 3.19. The van der Waals surface area contributed by atoms with Crippen LogP contribution in [0.5, 0.6) is 0 Å². The molecule has 24 heavy (non-hydrogen) atoms. The molecule has 0 bridgehead atoms. The van der Waals surface area contributed by atoms with Crippen LogP contribution in [-0.2, 0) is 4.79 Å². The van der Waals surface area contributed by atoms with Gasteiger partial charge in [-0.1, -0.05) is 20.8 Å². The average molecular weight is 325 g/mol. The van der Waals surface area contributed by atoms with Crippen molar-refractivity contribution in [2.24, 2.45) is 11.1 Å². The number of hydrogen-bond acceptors (Lipinski definition) is 5. The zero-order valence-electron chi connectivity index (χ0n) is 13.8. The summed E-state index contributed by atoms with van der Waals surface area (Å²) in [7, 11) is 0. The molecule has 0 saturated carbocycles. The highest BCUT2D eigenvalue weighted by molar-refractivity contribution is 5.82. The number of aromatic nitrogens is 4. The number of rotatable bonds is 4. The third kappa shape index (κ3) is 3.05. The lowest BCUT2D eigenvalue weighted by atomic mass is 9.78. The van der Waals surface area contributed by atoms with Crippen molar-refractivity contribution in [1.82, 2.24) is 19.7 Å². The summed E-state index contributed by atoms with van der Waals surface area (Å²) in [6.45, 7) is 5.85. The molecule has 0 aliphatic rings. The molecule has 0 spiro atoms. The van der Waals surface area contributed by atoms with E-state index in [9.17, 15) is 4.79 Å². The second kappa shape index (κ2) is 5.92. The van der Waals surface area contributed by atoms with Crippen LogP contribution < -0.4 is 5.73 Å². The third-order valence-electron chi connectivity index (χ3n) is 3.66. The zero-order chi connectivity index (χ0) is 17.3. The monoisotopic (exact) mass is 325 g/mol. The molecule has 0 aliphatic carbocycles. The van der Waals surface area contributed by atoms with Crippen LogP contribution in [0, 0.1) is 5.41 Å². The van der Waals surface area contributed by atoms with E-state index in [0.29, 0.717) is 23.1 Å².